The van der Waals surface area contributed by atoms with E-state index in [0.717, 1.165) is 0 Å². The van der Waals surface area contributed by atoms with Crippen LogP contribution < -0.4 is 16.8 Å². The third kappa shape index (κ3) is 4.58. The summed E-state index contributed by atoms with van der Waals surface area (Å²) in [7, 11) is 0. The minimum Gasteiger partial charge on any atom is -0.369 e. The second kappa shape index (κ2) is 7.46. The largest absolute Gasteiger partial charge is 0.369 e. The lowest BCUT2D eigenvalue weighted by atomic mass is 10.1. The molecule has 118 valence electrons. The van der Waals surface area contributed by atoms with Crippen molar-refractivity contribution in [3.8, 4) is 0 Å². The molecule has 0 fully saturated rings. The quantitative estimate of drug-likeness (QED) is 0.698. The standard InChI is InChI=1S/C16H15N3O3S/c17-14(20)9-23-13-4-2-1-3-12(13)16(22)19-11-7-5-10(6-8-11)15(18)21/h1-8H,9H2,(H2,17,20)(H2,18,21)(H,19,22). The van der Waals surface area contributed by atoms with E-state index < -0.39 is 11.8 Å². The molecule has 0 saturated carbocycles. The normalized spacial score (nSPS) is 10.1. The van der Waals surface area contributed by atoms with Crippen molar-refractivity contribution in [3.63, 3.8) is 0 Å². The summed E-state index contributed by atoms with van der Waals surface area (Å²) in [6.07, 6.45) is 0. The predicted octanol–water partition coefficient (Wildman–Crippen LogP) is 1.62. The van der Waals surface area contributed by atoms with Gasteiger partial charge in [0, 0.05) is 16.1 Å². The van der Waals surface area contributed by atoms with Gasteiger partial charge in [-0.3, -0.25) is 14.4 Å². The molecular formula is C16H15N3O3S. The number of primary amides is 2. The van der Waals surface area contributed by atoms with Crippen LogP contribution in [0.2, 0.25) is 0 Å². The highest BCUT2D eigenvalue weighted by molar-refractivity contribution is 8.00. The number of amides is 3. The van der Waals surface area contributed by atoms with Gasteiger partial charge in [-0.1, -0.05) is 12.1 Å². The maximum absolute atomic E-state index is 12.4. The number of benzene rings is 2. The molecule has 2 rings (SSSR count). The van der Waals surface area contributed by atoms with Crippen molar-refractivity contribution in [1.29, 1.82) is 0 Å². The third-order valence-corrected chi connectivity index (χ3v) is 4.02. The summed E-state index contributed by atoms with van der Waals surface area (Å²) in [5, 5.41) is 2.73. The molecule has 0 saturated heterocycles. The van der Waals surface area contributed by atoms with Crippen LogP contribution in [0.1, 0.15) is 20.7 Å². The Bertz CT molecular complexity index is 744. The second-order valence-corrected chi connectivity index (χ2v) is 5.66. The topological polar surface area (TPSA) is 115 Å². The first kappa shape index (κ1) is 16.6. The molecule has 0 aliphatic rings. The van der Waals surface area contributed by atoms with E-state index in [1.165, 1.54) is 23.9 Å². The van der Waals surface area contributed by atoms with Crippen molar-refractivity contribution in [2.45, 2.75) is 4.90 Å². The number of nitrogens with two attached hydrogens (primary N) is 2. The van der Waals surface area contributed by atoms with Crippen molar-refractivity contribution in [1.82, 2.24) is 0 Å². The molecule has 2 aromatic carbocycles. The van der Waals surface area contributed by atoms with Crippen LogP contribution >= 0.6 is 11.8 Å². The molecule has 0 unspecified atom stereocenters. The van der Waals surface area contributed by atoms with E-state index in [4.69, 9.17) is 11.5 Å². The van der Waals surface area contributed by atoms with Crippen molar-refractivity contribution in [2.24, 2.45) is 11.5 Å². The zero-order chi connectivity index (χ0) is 16.8. The van der Waals surface area contributed by atoms with Crippen molar-refractivity contribution < 1.29 is 14.4 Å². The van der Waals surface area contributed by atoms with Gasteiger partial charge in [-0.2, -0.15) is 0 Å². The Morgan fingerprint density at radius 2 is 1.61 bits per heavy atom. The summed E-state index contributed by atoms with van der Waals surface area (Å²) in [6, 6.07) is 13.2. The van der Waals surface area contributed by atoms with Crippen LogP contribution in [-0.2, 0) is 4.79 Å². The summed E-state index contributed by atoms with van der Waals surface area (Å²) < 4.78 is 0. The first-order valence-corrected chi connectivity index (χ1v) is 7.67. The second-order valence-electron chi connectivity index (χ2n) is 4.65. The number of carbonyl (C=O) groups excluding carboxylic acids is 3. The highest BCUT2D eigenvalue weighted by Gasteiger charge is 2.12. The molecule has 6 nitrogen and oxygen atoms in total. The van der Waals surface area contributed by atoms with Gasteiger partial charge in [0.25, 0.3) is 5.91 Å². The van der Waals surface area contributed by atoms with Gasteiger partial charge >= 0.3 is 0 Å². The Morgan fingerprint density at radius 3 is 2.22 bits per heavy atom. The highest BCUT2D eigenvalue weighted by atomic mass is 32.2. The van der Waals surface area contributed by atoms with E-state index in [-0.39, 0.29) is 11.7 Å². The molecule has 7 heteroatoms. The lowest BCUT2D eigenvalue weighted by Crippen LogP contribution is -2.16. The number of anilines is 1. The third-order valence-electron chi connectivity index (χ3n) is 2.93. The summed E-state index contributed by atoms with van der Waals surface area (Å²) in [4.78, 5) is 34.9. The number of rotatable bonds is 6. The predicted molar refractivity (Wildman–Crippen MR) is 89.3 cm³/mol. The van der Waals surface area contributed by atoms with E-state index in [1.54, 1.807) is 36.4 Å². The Kier molecular flexibility index (Phi) is 5.37. The molecule has 3 amide bonds. The lowest BCUT2D eigenvalue weighted by Gasteiger charge is -2.09. The van der Waals surface area contributed by atoms with Crippen LogP contribution in [-0.4, -0.2) is 23.5 Å². The molecule has 0 spiro atoms. The van der Waals surface area contributed by atoms with E-state index in [9.17, 15) is 14.4 Å². The van der Waals surface area contributed by atoms with Gasteiger partial charge in [-0.05, 0) is 36.4 Å². The number of hydrogen-bond acceptors (Lipinski definition) is 4. The fraction of sp³-hybridized carbons (Fsp3) is 0.0625. The molecule has 0 aliphatic carbocycles. The number of thioether (sulfide) groups is 1. The summed E-state index contributed by atoms with van der Waals surface area (Å²) in [6.45, 7) is 0. The molecule has 0 aromatic heterocycles. The molecule has 0 aliphatic heterocycles. The van der Waals surface area contributed by atoms with E-state index in [0.29, 0.717) is 21.7 Å². The maximum atomic E-state index is 12.4. The monoisotopic (exact) mass is 329 g/mol. The van der Waals surface area contributed by atoms with Crippen molar-refractivity contribution in [3.05, 3.63) is 59.7 Å². The van der Waals surface area contributed by atoms with Gasteiger partial charge < -0.3 is 16.8 Å². The number of carbonyl (C=O) groups is 3. The highest BCUT2D eigenvalue weighted by Crippen LogP contribution is 2.23. The smallest absolute Gasteiger partial charge is 0.256 e. The van der Waals surface area contributed by atoms with Crippen LogP contribution in [0, 0.1) is 0 Å². The van der Waals surface area contributed by atoms with Gasteiger partial charge in [0.1, 0.15) is 0 Å². The maximum Gasteiger partial charge on any atom is 0.256 e. The molecular weight excluding hydrogens is 314 g/mol. The molecule has 2 aromatic rings. The van der Waals surface area contributed by atoms with Crippen LogP contribution in [0.15, 0.2) is 53.4 Å². The Labute approximate surface area is 137 Å². The molecule has 0 bridgehead atoms. The van der Waals surface area contributed by atoms with Gasteiger partial charge in [-0.25, -0.2) is 0 Å². The SMILES string of the molecule is NC(=O)CSc1ccccc1C(=O)Nc1ccc(C(N)=O)cc1. The minimum atomic E-state index is -0.531. The average molecular weight is 329 g/mol. The van der Waals surface area contributed by atoms with E-state index in [1.807, 2.05) is 0 Å². The van der Waals surface area contributed by atoms with Crippen LogP contribution in [0.5, 0.6) is 0 Å². The number of nitrogens with one attached hydrogen (secondary N) is 1. The molecule has 5 N–H and O–H groups in total. The zero-order valence-electron chi connectivity index (χ0n) is 12.1. The van der Waals surface area contributed by atoms with Gasteiger partial charge in [0.15, 0.2) is 0 Å². The lowest BCUT2D eigenvalue weighted by molar-refractivity contribution is -0.115. The van der Waals surface area contributed by atoms with Crippen LogP contribution in [0.3, 0.4) is 0 Å². The van der Waals surface area contributed by atoms with Gasteiger partial charge in [0.2, 0.25) is 11.8 Å². The fourth-order valence-electron chi connectivity index (χ4n) is 1.85. The van der Waals surface area contributed by atoms with E-state index >= 15 is 0 Å². The molecule has 0 heterocycles. The Hall–Kier alpha value is -2.80. The fourth-order valence-corrected chi connectivity index (χ4v) is 2.63. The van der Waals surface area contributed by atoms with Crippen molar-refractivity contribution >= 4 is 35.2 Å². The van der Waals surface area contributed by atoms with Crippen LogP contribution in [0.25, 0.3) is 0 Å². The van der Waals surface area contributed by atoms with Gasteiger partial charge in [-0.15, -0.1) is 11.8 Å². The first-order chi connectivity index (χ1) is 11.0. The van der Waals surface area contributed by atoms with Gasteiger partial charge in [0.05, 0.1) is 11.3 Å². The molecule has 23 heavy (non-hydrogen) atoms. The van der Waals surface area contributed by atoms with E-state index in [2.05, 4.69) is 5.32 Å². The summed E-state index contributed by atoms with van der Waals surface area (Å²) in [5.41, 5.74) is 11.6. The zero-order valence-corrected chi connectivity index (χ0v) is 12.9. The Morgan fingerprint density at radius 1 is 0.957 bits per heavy atom. The molecule has 0 atom stereocenters. The summed E-state index contributed by atoms with van der Waals surface area (Å²) >= 11 is 1.20. The molecule has 0 radical (unpaired) electrons. The summed E-state index contributed by atoms with van der Waals surface area (Å²) in [5.74, 6) is -1.20. The van der Waals surface area contributed by atoms with Crippen molar-refractivity contribution in [2.75, 3.05) is 11.1 Å². The Balaban J connectivity index is 2.14. The first-order valence-electron chi connectivity index (χ1n) is 6.68. The average Bonchev–Trinajstić information content (AvgIpc) is 2.53. The number of hydrogen-bond donors (Lipinski definition) is 3. The van der Waals surface area contributed by atoms with Crippen LogP contribution in [0.4, 0.5) is 5.69 Å². The minimum absolute atomic E-state index is 0.0948.